The maximum absolute atomic E-state index is 11.8. The zero-order valence-electron chi connectivity index (χ0n) is 20.5. The van der Waals surface area contributed by atoms with Gasteiger partial charge < -0.3 is 20.2 Å². The third kappa shape index (κ3) is 4.22. The first-order valence-electron chi connectivity index (χ1n) is 12.3. The third-order valence-corrected chi connectivity index (χ3v) is 7.14. The number of aromatic hydroxyl groups is 2. The number of rotatable bonds is 4. The Hall–Kier alpha value is -5.10. The quantitative estimate of drug-likeness (QED) is 0.229. The zero-order valence-corrected chi connectivity index (χ0v) is 20.5. The molecule has 186 valence electrons. The van der Waals surface area contributed by atoms with E-state index in [0.29, 0.717) is 11.0 Å². The van der Waals surface area contributed by atoms with Gasteiger partial charge in [0.1, 0.15) is 0 Å². The number of hydrogen-bond acceptors (Lipinski definition) is 4. The van der Waals surface area contributed by atoms with Gasteiger partial charge in [0.15, 0.2) is 11.5 Å². The van der Waals surface area contributed by atoms with Gasteiger partial charge in [0, 0.05) is 27.7 Å². The second-order valence-electron chi connectivity index (χ2n) is 9.54. The lowest BCUT2D eigenvalue weighted by Gasteiger charge is -2.14. The van der Waals surface area contributed by atoms with Crippen LogP contribution in [0.3, 0.4) is 0 Å². The third-order valence-electron chi connectivity index (χ3n) is 7.14. The summed E-state index contributed by atoms with van der Waals surface area (Å²) >= 11 is 0. The Morgan fingerprint density at radius 2 is 1.00 bits per heavy atom. The minimum atomic E-state index is -0.499. The number of pyridine rings is 2. The molecule has 1 unspecified atom stereocenters. The number of hydrogen-bond donors (Lipinski definition) is 4. The van der Waals surface area contributed by atoms with E-state index in [0.717, 1.165) is 33.0 Å². The fourth-order valence-corrected chi connectivity index (χ4v) is 4.86. The Balaban J connectivity index is 1.23. The molecule has 2 aromatic heterocycles. The predicted molar refractivity (Wildman–Crippen MR) is 151 cm³/mol. The van der Waals surface area contributed by atoms with Crippen molar-refractivity contribution in [2.45, 2.75) is 12.8 Å². The van der Waals surface area contributed by atoms with Gasteiger partial charge in [0.2, 0.25) is 0 Å². The first-order valence-corrected chi connectivity index (χ1v) is 12.3. The molecule has 4 aromatic carbocycles. The molecule has 0 fully saturated rings. The fourth-order valence-electron chi connectivity index (χ4n) is 4.86. The second-order valence-corrected chi connectivity index (χ2v) is 9.54. The molecular formula is C32H24N2O4. The van der Waals surface area contributed by atoms with E-state index in [9.17, 15) is 19.8 Å². The highest BCUT2D eigenvalue weighted by Gasteiger charge is 2.11. The van der Waals surface area contributed by atoms with Crippen LogP contribution in [0.4, 0.5) is 0 Å². The van der Waals surface area contributed by atoms with Crippen LogP contribution in [0, 0.1) is 0 Å². The van der Waals surface area contributed by atoms with Crippen LogP contribution in [0.25, 0.3) is 44.1 Å². The van der Waals surface area contributed by atoms with Gasteiger partial charge in [-0.05, 0) is 63.7 Å². The molecular weight excluding hydrogens is 476 g/mol. The van der Waals surface area contributed by atoms with Crippen molar-refractivity contribution in [2.75, 3.05) is 0 Å². The molecule has 1 atom stereocenters. The van der Waals surface area contributed by atoms with E-state index in [1.54, 1.807) is 0 Å². The number of fused-ring (bicyclic) bond motifs is 2. The Labute approximate surface area is 217 Å². The van der Waals surface area contributed by atoms with Crippen LogP contribution in [-0.2, 0) is 0 Å². The van der Waals surface area contributed by atoms with E-state index in [1.807, 2.05) is 36.4 Å². The first kappa shape index (κ1) is 23.3. The van der Waals surface area contributed by atoms with E-state index in [-0.39, 0.29) is 17.4 Å². The predicted octanol–water partition coefficient (Wildman–Crippen LogP) is 6.27. The van der Waals surface area contributed by atoms with Crippen molar-refractivity contribution in [1.29, 1.82) is 0 Å². The highest BCUT2D eigenvalue weighted by atomic mass is 16.3. The Morgan fingerprint density at radius 3 is 1.61 bits per heavy atom. The van der Waals surface area contributed by atoms with Crippen LogP contribution in [-0.4, -0.2) is 20.2 Å². The average molecular weight is 501 g/mol. The summed E-state index contributed by atoms with van der Waals surface area (Å²) < 4.78 is 0. The van der Waals surface area contributed by atoms with Crippen LogP contribution in [0.5, 0.6) is 11.5 Å². The summed E-state index contributed by atoms with van der Waals surface area (Å²) in [6.07, 6.45) is 0. The standard InChI is InChI=1S/C32H24N2O4/c1-18(19-2-6-21(7-3-19)23-12-13-27-26(14-23)17-30(36)31(37)33-27)20-4-8-22(9-5-20)24-10-11-25-16-29(35)32(38)34-28(25)15-24/h2-18,35-36H,1H3,(H,33,37)(H,34,38). The van der Waals surface area contributed by atoms with Gasteiger partial charge >= 0.3 is 0 Å². The maximum atomic E-state index is 11.8. The molecule has 0 saturated heterocycles. The van der Waals surface area contributed by atoms with Gasteiger partial charge in [0.05, 0.1) is 0 Å². The molecule has 0 aliphatic rings. The SMILES string of the molecule is CC(c1ccc(-c2ccc3[nH]c(=O)c(O)cc3c2)cc1)c1ccc(-c2ccc3cc(O)c(=O)[nH]c3c2)cc1. The summed E-state index contributed by atoms with van der Waals surface area (Å²) in [6, 6.07) is 31.3. The van der Waals surface area contributed by atoms with Crippen molar-refractivity contribution in [3.63, 3.8) is 0 Å². The van der Waals surface area contributed by atoms with E-state index in [2.05, 4.69) is 65.4 Å². The number of aromatic nitrogens is 2. The smallest absolute Gasteiger partial charge is 0.290 e. The average Bonchev–Trinajstić information content (AvgIpc) is 2.94. The van der Waals surface area contributed by atoms with Gasteiger partial charge in [-0.2, -0.15) is 0 Å². The van der Waals surface area contributed by atoms with Crippen molar-refractivity contribution >= 4 is 21.8 Å². The minimum absolute atomic E-state index is 0.188. The topological polar surface area (TPSA) is 106 Å². The minimum Gasteiger partial charge on any atom is -0.503 e. The van der Waals surface area contributed by atoms with Crippen LogP contribution in [0.2, 0.25) is 0 Å². The highest BCUT2D eigenvalue weighted by molar-refractivity contribution is 5.86. The maximum Gasteiger partial charge on any atom is 0.290 e. The monoisotopic (exact) mass is 500 g/mol. The number of nitrogens with one attached hydrogen (secondary N) is 2. The largest absolute Gasteiger partial charge is 0.503 e. The van der Waals surface area contributed by atoms with E-state index in [1.165, 1.54) is 23.3 Å². The zero-order chi connectivity index (χ0) is 26.4. The molecule has 0 bridgehead atoms. The molecule has 0 saturated carbocycles. The molecule has 0 aliphatic carbocycles. The van der Waals surface area contributed by atoms with E-state index in [4.69, 9.17) is 0 Å². The summed E-state index contributed by atoms with van der Waals surface area (Å²) in [7, 11) is 0. The molecule has 0 aliphatic heterocycles. The van der Waals surface area contributed by atoms with Crippen LogP contribution in [0.1, 0.15) is 24.0 Å². The summed E-state index contributed by atoms with van der Waals surface area (Å²) in [4.78, 5) is 28.8. The summed E-state index contributed by atoms with van der Waals surface area (Å²) in [5.41, 5.74) is 6.81. The number of benzene rings is 4. The van der Waals surface area contributed by atoms with Crippen molar-refractivity contribution in [1.82, 2.24) is 9.97 Å². The molecule has 6 aromatic rings. The van der Waals surface area contributed by atoms with E-state index >= 15 is 0 Å². The van der Waals surface area contributed by atoms with Gasteiger partial charge in [0.25, 0.3) is 11.1 Å². The molecule has 6 rings (SSSR count). The number of H-pyrrole nitrogens is 2. The van der Waals surface area contributed by atoms with Crippen molar-refractivity contribution in [3.05, 3.63) is 129 Å². The van der Waals surface area contributed by atoms with Gasteiger partial charge in [-0.15, -0.1) is 0 Å². The summed E-state index contributed by atoms with van der Waals surface area (Å²) in [6.45, 7) is 2.17. The number of aromatic amines is 2. The lowest BCUT2D eigenvalue weighted by Crippen LogP contribution is -2.04. The van der Waals surface area contributed by atoms with Crippen LogP contribution in [0.15, 0.2) is 107 Å². The van der Waals surface area contributed by atoms with Crippen molar-refractivity contribution in [3.8, 4) is 33.8 Å². The Morgan fingerprint density at radius 1 is 0.526 bits per heavy atom. The lowest BCUT2D eigenvalue weighted by molar-refractivity contribution is 0.467. The molecule has 0 spiro atoms. The molecule has 4 N–H and O–H groups in total. The highest BCUT2D eigenvalue weighted by Crippen LogP contribution is 2.31. The molecule has 6 nitrogen and oxygen atoms in total. The van der Waals surface area contributed by atoms with Gasteiger partial charge in [-0.1, -0.05) is 73.7 Å². The van der Waals surface area contributed by atoms with Gasteiger partial charge in [-0.3, -0.25) is 9.59 Å². The summed E-state index contributed by atoms with van der Waals surface area (Å²) in [5.74, 6) is -0.389. The van der Waals surface area contributed by atoms with E-state index < -0.39 is 11.1 Å². The lowest BCUT2D eigenvalue weighted by atomic mass is 9.90. The summed E-state index contributed by atoms with van der Waals surface area (Å²) in [5, 5.41) is 21.0. The van der Waals surface area contributed by atoms with Crippen molar-refractivity contribution < 1.29 is 10.2 Å². The van der Waals surface area contributed by atoms with Crippen LogP contribution >= 0.6 is 0 Å². The fraction of sp³-hybridized carbons (Fsp3) is 0.0625. The second kappa shape index (κ2) is 9.09. The van der Waals surface area contributed by atoms with Crippen LogP contribution < -0.4 is 11.1 Å². The molecule has 0 amide bonds. The molecule has 38 heavy (non-hydrogen) atoms. The normalized spacial score (nSPS) is 12.1. The molecule has 2 heterocycles. The molecule has 6 heteroatoms. The molecule has 0 radical (unpaired) electrons. The first-order chi connectivity index (χ1) is 18.4. The van der Waals surface area contributed by atoms with Crippen molar-refractivity contribution in [2.24, 2.45) is 0 Å². The Bertz CT molecular complexity index is 1940. The van der Waals surface area contributed by atoms with Gasteiger partial charge in [-0.25, -0.2) is 0 Å². The Kier molecular flexibility index (Phi) is 5.57.